The Morgan fingerprint density at radius 3 is 2.04 bits per heavy atom. The fourth-order valence-electron chi connectivity index (χ4n) is 4.96. The van der Waals surface area contributed by atoms with E-state index in [4.69, 9.17) is 0 Å². The summed E-state index contributed by atoms with van der Waals surface area (Å²) in [6.45, 7) is 2.21. The van der Waals surface area contributed by atoms with Gasteiger partial charge in [0.1, 0.15) is 7.14 Å². The molecule has 0 amide bonds. The van der Waals surface area contributed by atoms with Crippen molar-refractivity contribution in [3.63, 3.8) is 0 Å². The van der Waals surface area contributed by atoms with Gasteiger partial charge in [0, 0.05) is 15.8 Å². The van der Waals surface area contributed by atoms with E-state index in [-0.39, 0.29) is 5.16 Å². The highest BCUT2D eigenvalue weighted by Gasteiger charge is 2.56. The molecule has 1 heterocycles. The number of rotatable bonds is 2. The molecule has 4 rings (SSSR count). The summed E-state index contributed by atoms with van der Waals surface area (Å²) in [5.41, 5.74) is 2.50. The molecule has 0 bridgehead atoms. The molecule has 0 N–H and O–H groups in total. The number of hydrogen-bond acceptors (Lipinski definition) is 1. The van der Waals surface area contributed by atoms with Gasteiger partial charge in [-0.25, -0.2) is 0 Å². The van der Waals surface area contributed by atoms with Gasteiger partial charge in [-0.2, -0.15) is 0 Å². The van der Waals surface area contributed by atoms with E-state index in [1.54, 1.807) is 0 Å². The van der Waals surface area contributed by atoms with Gasteiger partial charge in [-0.15, -0.1) is 0 Å². The van der Waals surface area contributed by atoms with Crippen molar-refractivity contribution >= 4 is 17.8 Å². The molecule has 2 aromatic rings. The van der Waals surface area contributed by atoms with E-state index in [2.05, 4.69) is 43.3 Å². The average Bonchev–Trinajstić information content (AvgIpc) is 2.84. The molecule has 2 heteroatoms. The molecule has 1 atom stereocenters. The van der Waals surface area contributed by atoms with E-state index in [1.807, 2.05) is 24.3 Å². The third-order valence-electron chi connectivity index (χ3n) is 5.93. The number of allylic oxidation sites excluding steroid dienone is 1. The summed E-state index contributed by atoms with van der Waals surface area (Å²) in [7, 11) is -2.64. The molecule has 2 aromatic carbocycles. The largest absolute Gasteiger partial charge is 0.313 e. The molecule has 1 saturated carbocycles. The molecular weight excluding hydrogens is 311 g/mol. The first-order valence-electron chi connectivity index (χ1n) is 9.09. The summed E-state index contributed by atoms with van der Waals surface area (Å²) in [5.74, 6) is 0. The molecule has 0 saturated heterocycles. The fourth-order valence-corrected chi connectivity index (χ4v) is 9.37. The molecule has 0 radical (unpaired) electrons. The van der Waals surface area contributed by atoms with Gasteiger partial charge in [-0.1, -0.05) is 85.5 Å². The molecule has 1 fully saturated rings. The van der Waals surface area contributed by atoms with E-state index in [1.165, 1.54) is 24.8 Å². The minimum absolute atomic E-state index is 0.0398. The minimum Gasteiger partial charge on any atom is -0.313 e. The summed E-state index contributed by atoms with van der Waals surface area (Å²) in [6, 6.07) is 20.7. The first-order valence-corrected chi connectivity index (χ1v) is 10.8. The maximum atomic E-state index is 14.8. The van der Waals surface area contributed by atoms with Crippen LogP contribution >= 0.6 is 7.14 Å². The monoisotopic (exact) mass is 336 g/mol. The fraction of sp³-hybridized carbons (Fsp3) is 0.364. The molecule has 0 aromatic heterocycles. The predicted octanol–water partition coefficient (Wildman–Crippen LogP) is 6.21. The SMILES string of the molecule is CC1=C(c2ccccc2)P(=O)(c2ccccc2)C2(CCCCC2)C1. The first kappa shape index (κ1) is 15.9. The zero-order chi connectivity index (χ0) is 16.6. The minimum atomic E-state index is -2.64. The van der Waals surface area contributed by atoms with Gasteiger partial charge in [-0.3, -0.25) is 0 Å². The van der Waals surface area contributed by atoms with E-state index in [0.717, 1.165) is 35.4 Å². The predicted molar refractivity (Wildman–Crippen MR) is 103 cm³/mol. The van der Waals surface area contributed by atoms with Crippen molar-refractivity contribution in [1.29, 1.82) is 0 Å². The molecular formula is C22H25OP. The summed E-state index contributed by atoms with van der Waals surface area (Å²) in [5, 5.41) is 2.17. The Bertz CT molecular complexity index is 798. The van der Waals surface area contributed by atoms with E-state index >= 15 is 0 Å². The van der Waals surface area contributed by atoms with E-state index in [0.29, 0.717) is 0 Å². The lowest BCUT2D eigenvalue weighted by atomic mass is 9.84. The zero-order valence-corrected chi connectivity index (χ0v) is 15.3. The maximum Gasteiger partial charge on any atom is 0.149 e. The molecule has 24 heavy (non-hydrogen) atoms. The summed E-state index contributed by atoms with van der Waals surface area (Å²) >= 11 is 0. The second-order valence-corrected chi connectivity index (χ2v) is 10.5. The van der Waals surface area contributed by atoms with Crippen molar-refractivity contribution in [1.82, 2.24) is 0 Å². The highest BCUT2D eigenvalue weighted by Crippen LogP contribution is 2.77. The topological polar surface area (TPSA) is 17.1 Å². The average molecular weight is 336 g/mol. The van der Waals surface area contributed by atoms with Crippen molar-refractivity contribution in [3.05, 3.63) is 71.8 Å². The van der Waals surface area contributed by atoms with Crippen LogP contribution in [0.3, 0.4) is 0 Å². The van der Waals surface area contributed by atoms with Crippen LogP contribution in [0.1, 0.15) is 51.0 Å². The van der Waals surface area contributed by atoms with Crippen LogP contribution in [0.15, 0.2) is 66.2 Å². The normalized spacial score (nSPS) is 26.0. The Kier molecular flexibility index (Phi) is 4.01. The lowest BCUT2D eigenvalue weighted by molar-refractivity contribution is 0.379. The lowest BCUT2D eigenvalue weighted by Crippen LogP contribution is -2.33. The van der Waals surface area contributed by atoms with Crippen molar-refractivity contribution in [2.75, 3.05) is 0 Å². The smallest absolute Gasteiger partial charge is 0.149 e. The van der Waals surface area contributed by atoms with Crippen LogP contribution in [0.25, 0.3) is 5.31 Å². The summed E-state index contributed by atoms with van der Waals surface area (Å²) < 4.78 is 14.8. The Morgan fingerprint density at radius 1 is 0.833 bits per heavy atom. The Labute approximate surface area is 145 Å². The van der Waals surface area contributed by atoms with Gasteiger partial charge >= 0.3 is 0 Å². The molecule has 1 nitrogen and oxygen atoms in total. The lowest BCUT2D eigenvalue weighted by Gasteiger charge is -2.40. The third-order valence-corrected chi connectivity index (χ3v) is 10.2. The van der Waals surface area contributed by atoms with Crippen LogP contribution in [0.2, 0.25) is 0 Å². The third kappa shape index (κ3) is 2.25. The van der Waals surface area contributed by atoms with Crippen molar-refractivity contribution in [3.8, 4) is 0 Å². The second kappa shape index (κ2) is 6.05. The van der Waals surface area contributed by atoms with Crippen molar-refractivity contribution in [2.45, 2.75) is 50.6 Å². The van der Waals surface area contributed by atoms with Gasteiger partial charge < -0.3 is 4.57 Å². The highest BCUT2D eigenvalue weighted by molar-refractivity contribution is 7.83. The van der Waals surface area contributed by atoms with Crippen LogP contribution in [-0.4, -0.2) is 5.16 Å². The maximum absolute atomic E-state index is 14.8. The first-order chi connectivity index (χ1) is 11.7. The van der Waals surface area contributed by atoms with Gasteiger partial charge in [0.2, 0.25) is 0 Å². The Hall–Kier alpha value is -1.59. The van der Waals surface area contributed by atoms with E-state index < -0.39 is 7.14 Å². The second-order valence-electron chi connectivity index (χ2n) is 7.40. The Morgan fingerprint density at radius 2 is 1.42 bits per heavy atom. The van der Waals surface area contributed by atoms with Gasteiger partial charge in [-0.05, 0) is 31.7 Å². The summed E-state index contributed by atoms with van der Waals surface area (Å²) in [4.78, 5) is 0. The van der Waals surface area contributed by atoms with Crippen LogP contribution in [0.4, 0.5) is 0 Å². The van der Waals surface area contributed by atoms with Gasteiger partial charge in [0.25, 0.3) is 0 Å². The van der Waals surface area contributed by atoms with Crippen LogP contribution in [-0.2, 0) is 4.57 Å². The number of hydrogen-bond donors (Lipinski definition) is 0. The van der Waals surface area contributed by atoms with Crippen molar-refractivity contribution in [2.24, 2.45) is 0 Å². The molecule has 124 valence electrons. The van der Waals surface area contributed by atoms with Crippen LogP contribution < -0.4 is 5.30 Å². The molecule has 1 aliphatic carbocycles. The highest BCUT2D eigenvalue weighted by atomic mass is 31.2. The zero-order valence-electron chi connectivity index (χ0n) is 14.4. The molecule has 1 unspecified atom stereocenters. The van der Waals surface area contributed by atoms with Crippen molar-refractivity contribution < 1.29 is 4.57 Å². The quantitative estimate of drug-likeness (QED) is 0.596. The van der Waals surface area contributed by atoms with Gasteiger partial charge in [0.05, 0.1) is 0 Å². The standard InChI is InChI=1S/C22H25OP/c1-18-17-22(15-9-4-10-16-22)24(23,20-13-7-3-8-14-20)21(18)19-11-5-2-6-12-19/h2-3,5-8,11-14H,4,9-10,15-17H2,1H3. The Balaban J connectivity index is 1.95. The van der Waals surface area contributed by atoms with Gasteiger partial charge in [0.15, 0.2) is 0 Å². The van der Waals surface area contributed by atoms with Crippen LogP contribution in [0.5, 0.6) is 0 Å². The van der Waals surface area contributed by atoms with Crippen LogP contribution in [0, 0.1) is 0 Å². The molecule has 2 aliphatic rings. The molecule has 1 spiro atoms. The van der Waals surface area contributed by atoms with E-state index in [9.17, 15) is 4.57 Å². The summed E-state index contributed by atoms with van der Waals surface area (Å²) in [6.07, 6.45) is 6.93. The molecule has 1 aliphatic heterocycles. The number of benzene rings is 2.